The van der Waals surface area contributed by atoms with Crippen LogP contribution >= 0.6 is 0 Å². The molecular weight excluding hydrogens is 626 g/mol. The van der Waals surface area contributed by atoms with Gasteiger partial charge in [-0.05, 0) is 62.3 Å². The second kappa shape index (κ2) is 10.8. The molecule has 3 aromatic carbocycles. The summed E-state index contributed by atoms with van der Waals surface area (Å²) in [6.45, 7) is 2.17. The molecule has 0 radical (unpaired) electrons. The van der Waals surface area contributed by atoms with Crippen LogP contribution in [-0.4, -0.2) is 75.5 Å². The van der Waals surface area contributed by atoms with Gasteiger partial charge in [0, 0.05) is 40.6 Å². The number of cyclic esters (lactones) is 1. The minimum absolute atomic E-state index is 0.0270. The molecule has 0 saturated carbocycles. The van der Waals surface area contributed by atoms with Crippen molar-refractivity contribution in [3.8, 4) is 11.4 Å². The second-order valence-electron chi connectivity index (χ2n) is 12.9. The van der Waals surface area contributed by atoms with Gasteiger partial charge in [-0.3, -0.25) is 24.2 Å². The van der Waals surface area contributed by atoms with E-state index < -0.39 is 35.0 Å². The summed E-state index contributed by atoms with van der Waals surface area (Å²) in [4.78, 5) is 77.8. The zero-order valence-electron chi connectivity index (χ0n) is 27.0. The van der Waals surface area contributed by atoms with Crippen molar-refractivity contribution in [3.05, 3.63) is 105 Å². The summed E-state index contributed by atoms with van der Waals surface area (Å²) < 4.78 is 7.21. The molecule has 0 unspecified atom stereocenters. The van der Waals surface area contributed by atoms with Gasteiger partial charge in [0.15, 0.2) is 5.54 Å². The summed E-state index contributed by atoms with van der Waals surface area (Å²) in [5.41, 5.74) is 1.14. The zero-order valence-corrected chi connectivity index (χ0v) is 27.0. The van der Waals surface area contributed by atoms with E-state index in [9.17, 15) is 29.1 Å². The first kappa shape index (κ1) is 30.5. The lowest BCUT2D eigenvalue weighted by Crippen LogP contribution is -2.58. The quantitative estimate of drug-likeness (QED) is 0.201. The molecule has 12 heteroatoms. The van der Waals surface area contributed by atoms with Gasteiger partial charge in [0.2, 0.25) is 0 Å². The number of hydrogen-bond donors (Lipinski definition) is 1. The number of pyridine rings is 2. The molecule has 0 aliphatic carbocycles. The van der Waals surface area contributed by atoms with E-state index in [1.54, 1.807) is 41.8 Å². The number of benzene rings is 3. The van der Waals surface area contributed by atoms with Crippen LogP contribution in [0.4, 0.5) is 10.5 Å². The minimum atomic E-state index is -1.98. The van der Waals surface area contributed by atoms with Gasteiger partial charge in [-0.15, -0.1) is 0 Å². The maximum atomic E-state index is 14.1. The molecule has 1 N–H and O–H groups in total. The molecule has 0 bridgehead atoms. The summed E-state index contributed by atoms with van der Waals surface area (Å²) in [5, 5.41) is 12.7. The molecule has 3 aliphatic rings. The molecule has 49 heavy (non-hydrogen) atoms. The first-order valence-corrected chi connectivity index (χ1v) is 16.0. The molecule has 8 rings (SSSR count). The first-order valence-electron chi connectivity index (χ1n) is 16.0. The van der Waals surface area contributed by atoms with Gasteiger partial charge in [0.1, 0.15) is 6.61 Å². The largest absolute Gasteiger partial charge is 0.465 e. The number of carbonyl (C=O) groups excluding carboxylic acids is 3. The molecular formula is C37H31N5O7. The van der Waals surface area contributed by atoms with Gasteiger partial charge in [0.05, 0.1) is 40.3 Å². The number of rotatable bonds is 6. The Morgan fingerprint density at radius 3 is 2.47 bits per heavy atom. The Labute approximate surface area is 279 Å². The van der Waals surface area contributed by atoms with Crippen molar-refractivity contribution in [2.45, 2.75) is 32.0 Å². The van der Waals surface area contributed by atoms with Crippen LogP contribution in [0.1, 0.15) is 50.8 Å². The van der Waals surface area contributed by atoms with Crippen molar-refractivity contribution in [2.75, 3.05) is 32.1 Å². The van der Waals surface area contributed by atoms with E-state index in [2.05, 4.69) is 0 Å². The van der Waals surface area contributed by atoms with Crippen molar-refractivity contribution < 1.29 is 29.0 Å². The molecule has 5 aromatic rings. The monoisotopic (exact) mass is 657 g/mol. The molecule has 0 fully saturated rings. The highest BCUT2D eigenvalue weighted by atomic mass is 16.5. The highest BCUT2D eigenvalue weighted by Crippen LogP contribution is 2.45. The Morgan fingerprint density at radius 2 is 1.71 bits per heavy atom. The fourth-order valence-electron chi connectivity index (χ4n) is 7.56. The van der Waals surface area contributed by atoms with Gasteiger partial charge >= 0.3 is 12.1 Å². The van der Waals surface area contributed by atoms with Gasteiger partial charge < -0.3 is 19.3 Å². The lowest BCUT2D eigenvalue weighted by atomic mass is 9.80. The number of carbonyl (C=O) groups is 4. The fourth-order valence-corrected chi connectivity index (χ4v) is 7.56. The van der Waals surface area contributed by atoms with Crippen molar-refractivity contribution in [3.63, 3.8) is 0 Å². The molecule has 5 heterocycles. The van der Waals surface area contributed by atoms with Crippen LogP contribution < -0.4 is 10.5 Å². The zero-order chi connectivity index (χ0) is 34.4. The number of para-hydroxylation sites is 1. The van der Waals surface area contributed by atoms with E-state index in [4.69, 9.17) is 9.72 Å². The Hall–Kier alpha value is -5.88. The van der Waals surface area contributed by atoms with Crippen LogP contribution in [0, 0.1) is 0 Å². The number of esters is 1. The average molecular weight is 658 g/mol. The number of amides is 3. The molecule has 246 valence electrons. The van der Waals surface area contributed by atoms with Gasteiger partial charge in [0.25, 0.3) is 17.4 Å². The summed E-state index contributed by atoms with van der Waals surface area (Å²) in [6, 6.07) is 19.3. The number of anilines is 1. The molecule has 0 saturated heterocycles. The Morgan fingerprint density at radius 1 is 0.959 bits per heavy atom. The molecule has 1 atom stereocenters. The fraction of sp³-hybridized carbons (Fsp3) is 0.243. The van der Waals surface area contributed by atoms with Crippen molar-refractivity contribution in [1.82, 2.24) is 19.4 Å². The van der Waals surface area contributed by atoms with Crippen LogP contribution in [0.5, 0.6) is 0 Å². The Bertz CT molecular complexity index is 2380. The molecule has 12 nitrogen and oxygen atoms in total. The van der Waals surface area contributed by atoms with Crippen LogP contribution in [0.25, 0.3) is 33.1 Å². The number of ether oxygens (including phenoxy) is 1. The smallest absolute Gasteiger partial charge is 0.413 e. The van der Waals surface area contributed by atoms with E-state index in [0.29, 0.717) is 34.3 Å². The number of nitrogens with zero attached hydrogens (tertiary/aromatic N) is 5. The third-order valence-corrected chi connectivity index (χ3v) is 9.93. The second-order valence-corrected chi connectivity index (χ2v) is 12.9. The van der Waals surface area contributed by atoms with Crippen molar-refractivity contribution >= 4 is 51.2 Å². The van der Waals surface area contributed by atoms with E-state index in [-0.39, 0.29) is 48.5 Å². The van der Waals surface area contributed by atoms with E-state index >= 15 is 0 Å². The van der Waals surface area contributed by atoms with Gasteiger partial charge in [-0.2, -0.15) is 0 Å². The molecule has 3 aliphatic heterocycles. The van der Waals surface area contributed by atoms with Crippen molar-refractivity contribution in [1.29, 1.82) is 0 Å². The Kier molecular flexibility index (Phi) is 6.73. The van der Waals surface area contributed by atoms with Crippen LogP contribution in [-0.2, 0) is 28.2 Å². The summed E-state index contributed by atoms with van der Waals surface area (Å²) in [5.74, 6) is -1.83. The maximum absolute atomic E-state index is 14.1. The van der Waals surface area contributed by atoms with Gasteiger partial charge in [-0.1, -0.05) is 37.3 Å². The summed E-state index contributed by atoms with van der Waals surface area (Å²) in [7, 11) is 3.67. The highest BCUT2D eigenvalue weighted by Gasteiger charge is 2.54. The van der Waals surface area contributed by atoms with Crippen molar-refractivity contribution in [2.24, 2.45) is 0 Å². The third kappa shape index (κ3) is 4.26. The highest BCUT2D eigenvalue weighted by molar-refractivity contribution is 6.26. The predicted octanol–water partition coefficient (Wildman–Crippen LogP) is 4.58. The van der Waals surface area contributed by atoms with Crippen LogP contribution in [0.2, 0.25) is 0 Å². The van der Waals surface area contributed by atoms with Crippen LogP contribution in [0.15, 0.2) is 71.5 Å². The SMILES string of the molecule is CC[C@@]1(N(C(=O)O)c2cc3c4c(cccc4c2)C(=O)N(CCN(C)C)C3=O)C(=O)OCc2c1cc1n(c2=O)Cc2cc3ccccc3nc2-1. The number of imide groups is 1. The topological polar surface area (TPSA) is 142 Å². The van der Waals surface area contributed by atoms with Crippen LogP contribution in [0.3, 0.4) is 0 Å². The van der Waals surface area contributed by atoms with E-state index in [0.717, 1.165) is 26.3 Å². The minimum Gasteiger partial charge on any atom is -0.465 e. The number of hydrogen-bond acceptors (Lipinski definition) is 8. The normalized spacial score (nSPS) is 17.7. The first-order chi connectivity index (χ1) is 23.5. The summed E-state index contributed by atoms with van der Waals surface area (Å²) >= 11 is 0. The Balaban J connectivity index is 1.34. The van der Waals surface area contributed by atoms with Gasteiger partial charge in [-0.25, -0.2) is 14.6 Å². The van der Waals surface area contributed by atoms with E-state index in [1.165, 1.54) is 6.07 Å². The number of likely N-dealkylation sites (N-methyl/N-ethyl adjacent to an activating group) is 1. The average Bonchev–Trinajstić information content (AvgIpc) is 3.44. The summed E-state index contributed by atoms with van der Waals surface area (Å²) in [6.07, 6.45) is -1.57. The predicted molar refractivity (Wildman–Crippen MR) is 181 cm³/mol. The maximum Gasteiger partial charge on any atom is 0.413 e. The standard InChI is InChI=1S/C37H31N5O7/c1-4-37(27-17-29-31-22(14-20-8-5-6-11-28(20)38-31)18-41(29)34(45)26(27)19-49-35(37)46)42(36(47)48)23-15-21-9-7-10-24-30(21)25(16-23)33(44)40(32(24)43)13-12-39(2)3/h5-11,14-17H,4,12-13,18-19H2,1-3H3,(H,47,48)/t37-/m0/s1. The molecule has 3 amide bonds. The third-order valence-electron chi connectivity index (χ3n) is 9.93. The number of aromatic nitrogens is 2. The number of carboxylic acid groups (broad SMARTS) is 1. The number of fused-ring (bicyclic) bond motifs is 5. The lowest BCUT2D eigenvalue weighted by molar-refractivity contribution is -0.154. The van der Waals surface area contributed by atoms with E-state index in [1.807, 2.05) is 49.3 Å². The molecule has 0 spiro atoms. The molecule has 2 aromatic heterocycles. The lowest BCUT2D eigenvalue weighted by Gasteiger charge is -2.43.